The quantitative estimate of drug-likeness (QED) is 0.694. The van der Waals surface area contributed by atoms with E-state index in [9.17, 15) is 9.59 Å². The highest BCUT2D eigenvalue weighted by Crippen LogP contribution is 2.35. The Morgan fingerprint density at radius 3 is 2.79 bits per heavy atom. The molecule has 150 valence electrons. The molecule has 29 heavy (non-hydrogen) atoms. The van der Waals surface area contributed by atoms with Gasteiger partial charge in [-0.2, -0.15) is 0 Å². The molecule has 7 nitrogen and oxygen atoms in total. The van der Waals surface area contributed by atoms with Crippen molar-refractivity contribution in [1.82, 2.24) is 4.98 Å². The van der Waals surface area contributed by atoms with Crippen molar-refractivity contribution >= 4 is 44.2 Å². The molecular formula is C21H21N3O4S. The van der Waals surface area contributed by atoms with E-state index in [0.717, 1.165) is 21.5 Å². The predicted octanol–water partition coefficient (Wildman–Crippen LogP) is 3.61. The molecule has 4 rings (SSSR count). The Labute approximate surface area is 172 Å². The average molecular weight is 411 g/mol. The van der Waals surface area contributed by atoms with Crippen molar-refractivity contribution in [2.75, 3.05) is 31.0 Å². The van der Waals surface area contributed by atoms with Crippen molar-refractivity contribution in [3.8, 4) is 11.5 Å². The summed E-state index contributed by atoms with van der Waals surface area (Å²) in [6.45, 7) is 2.26. The van der Waals surface area contributed by atoms with E-state index in [0.29, 0.717) is 23.1 Å². The summed E-state index contributed by atoms with van der Waals surface area (Å²) in [4.78, 5) is 31.4. The Bertz CT molecular complexity index is 1090. The van der Waals surface area contributed by atoms with Gasteiger partial charge in [-0.15, -0.1) is 0 Å². The van der Waals surface area contributed by atoms with Gasteiger partial charge in [0.05, 0.1) is 36.0 Å². The Morgan fingerprint density at radius 2 is 2.03 bits per heavy atom. The molecule has 1 unspecified atom stereocenters. The van der Waals surface area contributed by atoms with Gasteiger partial charge in [0.25, 0.3) is 0 Å². The normalized spacial score (nSPS) is 16.3. The minimum absolute atomic E-state index is 0.0944. The first-order valence-electron chi connectivity index (χ1n) is 9.19. The van der Waals surface area contributed by atoms with Crippen LogP contribution in [0.3, 0.4) is 0 Å². The van der Waals surface area contributed by atoms with Crippen LogP contribution in [0.25, 0.3) is 10.2 Å². The number of fused-ring (bicyclic) bond motifs is 1. The molecule has 2 aromatic carbocycles. The predicted molar refractivity (Wildman–Crippen MR) is 113 cm³/mol. The van der Waals surface area contributed by atoms with Crippen LogP contribution in [0.1, 0.15) is 12.0 Å². The van der Waals surface area contributed by atoms with E-state index in [-0.39, 0.29) is 18.2 Å². The Hall–Kier alpha value is -3.13. The summed E-state index contributed by atoms with van der Waals surface area (Å²) >= 11 is 1.38. The maximum atomic E-state index is 12.8. The molecule has 8 heteroatoms. The van der Waals surface area contributed by atoms with Gasteiger partial charge >= 0.3 is 0 Å². The van der Waals surface area contributed by atoms with Gasteiger partial charge in [-0.3, -0.25) is 9.59 Å². The number of methoxy groups -OCH3 is 2. The second-order valence-electron chi connectivity index (χ2n) is 6.92. The van der Waals surface area contributed by atoms with Crippen LogP contribution < -0.4 is 19.7 Å². The van der Waals surface area contributed by atoms with Crippen LogP contribution >= 0.6 is 11.3 Å². The third-order valence-electron chi connectivity index (χ3n) is 4.95. The fourth-order valence-corrected chi connectivity index (χ4v) is 4.32. The summed E-state index contributed by atoms with van der Waals surface area (Å²) < 4.78 is 11.5. The Morgan fingerprint density at radius 1 is 1.21 bits per heavy atom. The molecule has 1 N–H and O–H groups in total. The Kier molecular flexibility index (Phi) is 5.10. The zero-order chi connectivity index (χ0) is 20.5. The SMILES string of the molecule is COc1ccc2nc(NC(=O)C3CC(=O)N(c4cc(C)ccc4OC)C3)sc2c1. The van der Waals surface area contributed by atoms with E-state index in [1.54, 1.807) is 19.1 Å². The van der Waals surface area contributed by atoms with Crippen LogP contribution in [0.4, 0.5) is 10.8 Å². The van der Waals surface area contributed by atoms with Gasteiger partial charge in [-0.1, -0.05) is 17.4 Å². The number of thiazole rings is 1. The van der Waals surface area contributed by atoms with Crippen molar-refractivity contribution in [2.45, 2.75) is 13.3 Å². The highest BCUT2D eigenvalue weighted by molar-refractivity contribution is 7.22. The molecule has 1 aromatic heterocycles. The number of nitrogens with zero attached hydrogens (tertiary/aromatic N) is 2. The second kappa shape index (κ2) is 7.71. The third-order valence-corrected chi connectivity index (χ3v) is 5.88. The number of aryl methyl sites for hydroxylation is 1. The molecule has 1 atom stereocenters. The molecule has 2 amide bonds. The summed E-state index contributed by atoms with van der Waals surface area (Å²) in [5.74, 6) is 0.601. The van der Waals surface area contributed by atoms with Crippen LogP contribution in [0.2, 0.25) is 0 Å². The second-order valence-corrected chi connectivity index (χ2v) is 7.95. The lowest BCUT2D eigenvalue weighted by Crippen LogP contribution is -2.28. The van der Waals surface area contributed by atoms with Crippen LogP contribution in [-0.2, 0) is 9.59 Å². The van der Waals surface area contributed by atoms with E-state index >= 15 is 0 Å². The molecule has 1 aliphatic heterocycles. The smallest absolute Gasteiger partial charge is 0.231 e. The number of carbonyl (C=O) groups excluding carboxylic acids is 2. The standard InChI is InChI=1S/C21H21N3O4S/c1-12-4-7-17(28-3)16(8-12)24-11-13(9-19(24)25)20(26)23-21-22-15-6-5-14(27-2)10-18(15)29-21/h4-8,10,13H,9,11H2,1-3H3,(H,22,23,26). The molecule has 0 saturated carbocycles. The topological polar surface area (TPSA) is 80.8 Å². The molecule has 0 bridgehead atoms. The number of amides is 2. The lowest BCUT2D eigenvalue weighted by molar-refractivity contribution is -0.122. The van der Waals surface area contributed by atoms with E-state index in [4.69, 9.17) is 9.47 Å². The van der Waals surface area contributed by atoms with Gasteiger partial charge in [0, 0.05) is 13.0 Å². The molecule has 0 aliphatic carbocycles. The monoisotopic (exact) mass is 411 g/mol. The fraction of sp³-hybridized carbons (Fsp3) is 0.286. The average Bonchev–Trinajstić information content (AvgIpc) is 3.29. The van der Waals surface area contributed by atoms with Gasteiger partial charge in [0.1, 0.15) is 11.5 Å². The summed E-state index contributed by atoms with van der Waals surface area (Å²) in [7, 11) is 3.18. The zero-order valence-corrected chi connectivity index (χ0v) is 17.2. The van der Waals surface area contributed by atoms with Gasteiger partial charge in [-0.25, -0.2) is 4.98 Å². The number of anilines is 2. The number of hydrogen-bond donors (Lipinski definition) is 1. The van der Waals surface area contributed by atoms with E-state index in [2.05, 4.69) is 10.3 Å². The number of carbonyl (C=O) groups is 2. The number of hydrogen-bond acceptors (Lipinski definition) is 6. The largest absolute Gasteiger partial charge is 0.497 e. The number of nitrogens with one attached hydrogen (secondary N) is 1. The van der Waals surface area contributed by atoms with Crippen LogP contribution in [-0.4, -0.2) is 37.6 Å². The molecule has 1 aliphatic rings. The summed E-state index contributed by atoms with van der Waals surface area (Å²) in [6.07, 6.45) is 0.154. The number of ether oxygens (including phenoxy) is 2. The highest BCUT2D eigenvalue weighted by atomic mass is 32.1. The number of rotatable bonds is 5. The van der Waals surface area contributed by atoms with Crippen molar-refractivity contribution in [3.63, 3.8) is 0 Å². The first-order valence-corrected chi connectivity index (χ1v) is 10.0. The van der Waals surface area contributed by atoms with Gasteiger partial charge < -0.3 is 19.7 Å². The van der Waals surface area contributed by atoms with E-state index < -0.39 is 5.92 Å². The maximum Gasteiger partial charge on any atom is 0.231 e. The summed E-state index contributed by atoms with van der Waals surface area (Å²) in [6, 6.07) is 11.2. The molecule has 0 spiro atoms. The number of aromatic nitrogens is 1. The van der Waals surface area contributed by atoms with E-state index in [1.165, 1.54) is 11.3 Å². The first kappa shape index (κ1) is 19.2. The molecule has 2 heterocycles. The summed E-state index contributed by atoms with van der Waals surface area (Å²) in [5.41, 5.74) is 2.51. The minimum atomic E-state index is -0.450. The van der Waals surface area contributed by atoms with Crippen LogP contribution in [0.15, 0.2) is 36.4 Å². The van der Waals surface area contributed by atoms with Crippen molar-refractivity contribution in [1.29, 1.82) is 0 Å². The van der Waals surface area contributed by atoms with Crippen LogP contribution in [0, 0.1) is 12.8 Å². The van der Waals surface area contributed by atoms with Gasteiger partial charge in [0.15, 0.2) is 5.13 Å². The summed E-state index contributed by atoms with van der Waals surface area (Å²) in [5, 5.41) is 3.37. The molecule has 1 saturated heterocycles. The first-order chi connectivity index (χ1) is 14.0. The third kappa shape index (κ3) is 3.75. The molecule has 0 radical (unpaired) electrons. The zero-order valence-electron chi connectivity index (χ0n) is 16.4. The fourth-order valence-electron chi connectivity index (χ4n) is 3.42. The highest BCUT2D eigenvalue weighted by Gasteiger charge is 2.36. The van der Waals surface area contributed by atoms with Crippen LogP contribution in [0.5, 0.6) is 11.5 Å². The van der Waals surface area contributed by atoms with Crippen molar-refractivity contribution in [2.24, 2.45) is 5.92 Å². The van der Waals surface area contributed by atoms with E-state index in [1.807, 2.05) is 43.3 Å². The van der Waals surface area contributed by atoms with Gasteiger partial charge in [0.2, 0.25) is 11.8 Å². The minimum Gasteiger partial charge on any atom is -0.497 e. The molecule has 3 aromatic rings. The van der Waals surface area contributed by atoms with Gasteiger partial charge in [-0.05, 0) is 42.8 Å². The lowest BCUT2D eigenvalue weighted by atomic mass is 10.1. The number of benzene rings is 2. The molecule has 1 fully saturated rings. The van der Waals surface area contributed by atoms with Crippen molar-refractivity contribution < 1.29 is 19.1 Å². The lowest BCUT2D eigenvalue weighted by Gasteiger charge is -2.20. The maximum absolute atomic E-state index is 12.8. The van der Waals surface area contributed by atoms with Crippen molar-refractivity contribution in [3.05, 3.63) is 42.0 Å². The Balaban J connectivity index is 1.50. The molecular weight excluding hydrogens is 390 g/mol.